The molecule has 0 unspecified atom stereocenters. The van der Waals surface area contributed by atoms with Crippen molar-refractivity contribution >= 4 is 40.2 Å². The zero-order chi connectivity index (χ0) is 27.4. The van der Waals surface area contributed by atoms with E-state index in [1.54, 1.807) is 60.7 Å². The van der Waals surface area contributed by atoms with Gasteiger partial charge in [-0.2, -0.15) is 0 Å². The van der Waals surface area contributed by atoms with Crippen molar-refractivity contribution in [2.45, 2.75) is 19.3 Å². The number of pyridine rings is 1. The topological polar surface area (TPSA) is 93.6 Å². The van der Waals surface area contributed by atoms with Crippen molar-refractivity contribution in [2.24, 2.45) is 23.7 Å². The molecular formula is C33H26N2O5. The van der Waals surface area contributed by atoms with Gasteiger partial charge in [0.15, 0.2) is 12.4 Å². The third kappa shape index (κ3) is 3.92. The van der Waals surface area contributed by atoms with Gasteiger partial charge in [-0.15, -0.1) is 0 Å². The van der Waals surface area contributed by atoms with Crippen molar-refractivity contribution < 1.29 is 23.9 Å². The monoisotopic (exact) mass is 530 g/mol. The third-order valence-electron chi connectivity index (χ3n) is 8.69. The molecule has 2 amide bonds. The molecule has 2 saturated carbocycles. The summed E-state index contributed by atoms with van der Waals surface area (Å²) >= 11 is 0. The van der Waals surface area contributed by atoms with E-state index in [9.17, 15) is 19.2 Å². The largest absolute Gasteiger partial charge is 0.454 e. The van der Waals surface area contributed by atoms with Crippen LogP contribution in [-0.2, 0) is 14.3 Å². The van der Waals surface area contributed by atoms with E-state index in [0.29, 0.717) is 45.2 Å². The number of imide groups is 1. The number of anilines is 1. The summed E-state index contributed by atoms with van der Waals surface area (Å²) in [5.74, 6) is -0.904. The molecule has 3 fully saturated rings. The van der Waals surface area contributed by atoms with E-state index in [2.05, 4.69) is 0 Å². The molecule has 7 heteroatoms. The molecule has 2 bridgehead atoms. The maximum absolute atomic E-state index is 13.4. The molecule has 0 N–H and O–H groups in total. The number of rotatable bonds is 6. The minimum Gasteiger partial charge on any atom is -0.454 e. The number of carbonyl (C=O) groups is 4. The van der Waals surface area contributed by atoms with E-state index in [4.69, 9.17) is 9.72 Å². The van der Waals surface area contributed by atoms with Crippen LogP contribution in [0.25, 0.3) is 22.2 Å². The number of amides is 2. The molecule has 1 aliphatic heterocycles. The van der Waals surface area contributed by atoms with Crippen LogP contribution in [0.4, 0.5) is 5.69 Å². The Hall–Kier alpha value is -4.65. The molecule has 198 valence electrons. The number of esters is 1. The predicted molar refractivity (Wildman–Crippen MR) is 149 cm³/mol. The number of nitrogens with zero attached hydrogens (tertiary/aromatic N) is 2. The van der Waals surface area contributed by atoms with Crippen LogP contribution in [0, 0.1) is 23.7 Å². The van der Waals surface area contributed by atoms with Crippen LogP contribution in [0.1, 0.15) is 40.0 Å². The number of fused-ring (bicyclic) bond motifs is 6. The summed E-state index contributed by atoms with van der Waals surface area (Å²) in [7, 11) is 0. The van der Waals surface area contributed by atoms with Gasteiger partial charge in [0.2, 0.25) is 11.8 Å². The lowest BCUT2D eigenvalue weighted by Gasteiger charge is -2.19. The van der Waals surface area contributed by atoms with Gasteiger partial charge in [0, 0.05) is 16.5 Å². The van der Waals surface area contributed by atoms with Gasteiger partial charge in [0.05, 0.1) is 34.3 Å². The van der Waals surface area contributed by atoms with Crippen LogP contribution in [0.3, 0.4) is 0 Å². The number of hydrogen-bond acceptors (Lipinski definition) is 6. The molecule has 0 radical (unpaired) electrons. The van der Waals surface area contributed by atoms with Crippen LogP contribution in [0.15, 0.2) is 84.9 Å². The minimum atomic E-state index is -0.631. The van der Waals surface area contributed by atoms with E-state index < -0.39 is 5.97 Å². The Labute approximate surface area is 230 Å². The van der Waals surface area contributed by atoms with Gasteiger partial charge < -0.3 is 4.74 Å². The first-order valence-electron chi connectivity index (χ1n) is 13.6. The Bertz CT molecular complexity index is 1670. The number of ketones is 1. The normalized spacial score (nSPS) is 23.1. The number of hydrogen-bond donors (Lipinski definition) is 0. The maximum Gasteiger partial charge on any atom is 0.339 e. The molecule has 40 heavy (non-hydrogen) atoms. The van der Waals surface area contributed by atoms with E-state index >= 15 is 0 Å². The number of ether oxygens (including phenoxy) is 1. The standard InChI is InChI=1S/C33H26N2O5/c36-28(19-7-2-1-3-8-19)18-40-33(39)25-17-27(34-26-12-5-4-11-24(25)26)20-9-6-10-23(16-20)35-31(37)29-21-13-14-22(15-21)30(29)32(35)38/h1-12,16-17,21-22,29-30H,13-15,18H2/t21-,22-,29+,30+/m0/s1. The van der Waals surface area contributed by atoms with E-state index in [1.165, 1.54) is 4.90 Å². The van der Waals surface area contributed by atoms with E-state index in [1.807, 2.05) is 24.3 Å². The lowest BCUT2D eigenvalue weighted by molar-refractivity contribution is -0.123. The van der Waals surface area contributed by atoms with Crippen molar-refractivity contribution in [1.29, 1.82) is 0 Å². The number of Topliss-reactive ketones (excluding diaryl/α,β-unsaturated/α-hetero) is 1. The molecule has 3 aromatic carbocycles. The number of carbonyl (C=O) groups excluding carboxylic acids is 4. The van der Waals surface area contributed by atoms with Gasteiger partial charge >= 0.3 is 5.97 Å². The highest BCUT2D eigenvalue weighted by atomic mass is 16.5. The SMILES string of the molecule is O=C(COC(=O)c1cc(-c2cccc(N3C(=O)[C@@H]4[C@H]5CC[C@@H](C5)[C@H]4C3=O)c2)nc2ccccc12)c1ccccc1. The Morgan fingerprint density at radius 1 is 0.825 bits per heavy atom. The smallest absolute Gasteiger partial charge is 0.339 e. The van der Waals surface area contributed by atoms with Crippen LogP contribution in [0.2, 0.25) is 0 Å². The molecule has 2 heterocycles. The summed E-state index contributed by atoms with van der Waals surface area (Å²) in [6, 6.07) is 24.7. The number of para-hydroxylation sites is 1. The highest BCUT2D eigenvalue weighted by Gasteiger charge is 2.61. The first-order chi connectivity index (χ1) is 19.5. The Morgan fingerprint density at radius 2 is 1.52 bits per heavy atom. The predicted octanol–water partition coefficient (Wildman–Crippen LogP) is 5.48. The van der Waals surface area contributed by atoms with Gasteiger partial charge in [-0.3, -0.25) is 19.3 Å². The Morgan fingerprint density at radius 3 is 2.27 bits per heavy atom. The molecule has 0 spiro atoms. The zero-order valence-corrected chi connectivity index (χ0v) is 21.7. The van der Waals surface area contributed by atoms with Gasteiger partial charge in [-0.05, 0) is 55.4 Å². The van der Waals surface area contributed by atoms with Crippen LogP contribution < -0.4 is 4.90 Å². The second-order valence-corrected chi connectivity index (χ2v) is 10.9. The van der Waals surface area contributed by atoms with Crippen LogP contribution in [0.5, 0.6) is 0 Å². The fourth-order valence-electron chi connectivity index (χ4n) is 6.88. The summed E-state index contributed by atoms with van der Waals surface area (Å²) < 4.78 is 5.43. The van der Waals surface area contributed by atoms with Gasteiger partial charge in [0.25, 0.3) is 0 Å². The van der Waals surface area contributed by atoms with Crippen LogP contribution in [-0.4, -0.2) is 35.2 Å². The molecule has 7 nitrogen and oxygen atoms in total. The van der Waals surface area contributed by atoms with Crippen LogP contribution >= 0.6 is 0 Å². The van der Waals surface area contributed by atoms with Crippen molar-refractivity contribution in [3.05, 3.63) is 96.1 Å². The molecular weight excluding hydrogens is 504 g/mol. The summed E-state index contributed by atoms with van der Waals surface area (Å²) in [5.41, 5.74) is 3.03. The minimum absolute atomic E-state index is 0.0989. The fraction of sp³-hybridized carbons (Fsp3) is 0.242. The molecule has 4 atom stereocenters. The van der Waals surface area contributed by atoms with E-state index in [-0.39, 0.29) is 41.6 Å². The second-order valence-electron chi connectivity index (χ2n) is 10.9. The second kappa shape index (κ2) is 9.52. The first kappa shape index (κ1) is 24.4. The average Bonchev–Trinajstić information content (AvgIpc) is 3.69. The van der Waals surface area contributed by atoms with Gasteiger partial charge in [0.1, 0.15) is 0 Å². The van der Waals surface area contributed by atoms with Gasteiger partial charge in [-0.1, -0.05) is 60.7 Å². The summed E-state index contributed by atoms with van der Waals surface area (Å²) in [5, 5.41) is 0.604. The molecule has 1 aromatic heterocycles. The maximum atomic E-state index is 13.4. The van der Waals surface area contributed by atoms with Crippen molar-refractivity contribution in [2.75, 3.05) is 11.5 Å². The number of aromatic nitrogens is 1. The molecule has 4 aromatic rings. The van der Waals surface area contributed by atoms with Crippen molar-refractivity contribution in [3.8, 4) is 11.3 Å². The van der Waals surface area contributed by atoms with Gasteiger partial charge in [-0.25, -0.2) is 9.78 Å². The number of benzene rings is 3. The Kier molecular flexibility index (Phi) is 5.81. The Balaban J connectivity index is 1.20. The van der Waals surface area contributed by atoms with Crippen molar-refractivity contribution in [1.82, 2.24) is 4.98 Å². The molecule has 3 aliphatic rings. The lowest BCUT2D eigenvalue weighted by Crippen LogP contribution is -2.32. The summed E-state index contributed by atoms with van der Waals surface area (Å²) in [6.45, 7) is -0.381. The average molecular weight is 531 g/mol. The highest BCUT2D eigenvalue weighted by Crippen LogP contribution is 2.56. The van der Waals surface area contributed by atoms with Crippen molar-refractivity contribution in [3.63, 3.8) is 0 Å². The summed E-state index contributed by atoms with van der Waals surface area (Å²) in [4.78, 5) is 58.6. The molecule has 1 saturated heterocycles. The summed E-state index contributed by atoms with van der Waals surface area (Å²) in [6.07, 6.45) is 3.03. The third-order valence-corrected chi connectivity index (χ3v) is 8.69. The van der Waals surface area contributed by atoms with E-state index in [0.717, 1.165) is 19.3 Å². The zero-order valence-electron chi connectivity index (χ0n) is 21.7. The lowest BCUT2D eigenvalue weighted by atomic mass is 9.81. The highest BCUT2D eigenvalue weighted by molar-refractivity contribution is 6.22. The molecule has 7 rings (SSSR count). The quantitative estimate of drug-likeness (QED) is 0.186. The first-order valence-corrected chi connectivity index (χ1v) is 13.6. The molecule has 2 aliphatic carbocycles. The fourth-order valence-corrected chi connectivity index (χ4v) is 6.88.